The highest BCUT2D eigenvalue weighted by atomic mass is 16.1. The molecule has 2 aromatic heterocycles. The van der Waals surface area contributed by atoms with E-state index in [0.717, 1.165) is 60.6 Å². The van der Waals surface area contributed by atoms with Crippen LogP contribution in [0.25, 0.3) is 16.8 Å². The first-order chi connectivity index (χ1) is 16.1. The van der Waals surface area contributed by atoms with Gasteiger partial charge in [-0.3, -0.25) is 9.69 Å². The van der Waals surface area contributed by atoms with Gasteiger partial charge in [0.1, 0.15) is 0 Å². The first-order valence-corrected chi connectivity index (χ1v) is 11.6. The Labute approximate surface area is 194 Å². The zero-order valence-electron chi connectivity index (χ0n) is 19.2. The number of fused-ring (bicyclic) bond motifs is 1. The van der Waals surface area contributed by atoms with Crippen molar-refractivity contribution in [2.75, 3.05) is 13.1 Å². The standard InChI is InChI=1S/C27H29N5O/c1-19-25(22-11-7-4-8-12-22)26-28-17-24(20(2)32(26)30-19)27(33)29-23-13-15-31(16-14-23)18-21-9-5-3-6-10-21/h3-12,17,23H,13-16,18H2,1-2H3,(H,29,33). The van der Waals surface area contributed by atoms with Gasteiger partial charge in [0.25, 0.3) is 5.91 Å². The van der Waals surface area contributed by atoms with Crippen LogP contribution in [0.3, 0.4) is 0 Å². The second-order valence-electron chi connectivity index (χ2n) is 8.83. The molecule has 2 aromatic carbocycles. The number of rotatable bonds is 5. The van der Waals surface area contributed by atoms with Gasteiger partial charge in [-0.2, -0.15) is 5.10 Å². The number of nitrogens with zero attached hydrogens (tertiary/aromatic N) is 4. The minimum absolute atomic E-state index is 0.0715. The summed E-state index contributed by atoms with van der Waals surface area (Å²) in [6.45, 7) is 6.85. The molecule has 3 heterocycles. The van der Waals surface area contributed by atoms with E-state index in [-0.39, 0.29) is 11.9 Å². The predicted molar refractivity (Wildman–Crippen MR) is 130 cm³/mol. The monoisotopic (exact) mass is 439 g/mol. The molecule has 4 aromatic rings. The molecule has 1 amide bonds. The fourth-order valence-electron chi connectivity index (χ4n) is 4.71. The van der Waals surface area contributed by atoms with Gasteiger partial charge in [-0.25, -0.2) is 9.50 Å². The molecule has 0 aliphatic carbocycles. The van der Waals surface area contributed by atoms with Crippen LogP contribution in [0.2, 0.25) is 0 Å². The van der Waals surface area contributed by atoms with Crippen molar-refractivity contribution in [1.82, 2.24) is 24.8 Å². The third-order valence-corrected chi connectivity index (χ3v) is 6.54. The average Bonchev–Trinajstić information content (AvgIpc) is 3.18. The van der Waals surface area contributed by atoms with Gasteiger partial charge >= 0.3 is 0 Å². The maximum Gasteiger partial charge on any atom is 0.254 e. The number of benzene rings is 2. The Bertz CT molecular complexity index is 1260. The number of carbonyl (C=O) groups excluding carboxylic acids is 1. The minimum atomic E-state index is -0.0715. The first-order valence-electron chi connectivity index (χ1n) is 11.6. The van der Waals surface area contributed by atoms with E-state index in [0.29, 0.717) is 5.56 Å². The van der Waals surface area contributed by atoms with Crippen LogP contribution in [0.15, 0.2) is 66.9 Å². The quantitative estimate of drug-likeness (QED) is 0.500. The van der Waals surface area contributed by atoms with Crippen LogP contribution in [0, 0.1) is 13.8 Å². The van der Waals surface area contributed by atoms with E-state index in [4.69, 9.17) is 5.10 Å². The second-order valence-corrected chi connectivity index (χ2v) is 8.83. The second kappa shape index (κ2) is 9.16. The summed E-state index contributed by atoms with van der Waals surface area (Å²) in [6.07, 6.45) is 3.59. The molecule has 168 valence electrons. The molecule has 0 bridgehead atoms. The summed E-state index contributed by atoms with van der Waals surface area (Å²) >= 11 is 0. The Balaban J connectivity index is 1.28. The van der Waals surface area contributed by atoms with Crippen molar-refractivity contribution in [3.8, 4) is 11.1 Å². The molecule has 0 atom stereocenters. The average molecular weight is 440 g/mol. The Kier molecular flexibility index (Phi) is 5.92. The van der Waals surface area contributed by atoms with Crippen LogP contribution < -0.4 is 5.32 Å². The number of aryl methyl sites for hydroxylation is 2. The van der Waals surface area contributed by atoms with Crippen LogP contribution >= 0.6 is 0 Å². The third kappa shape index (κ3) is 4.39. The summed E-state index contributed by atoms with van der Waals surface area (Å²) < 4.78 is 1.80. The van der Waals surface area contributed by atoms with Crippen LogP contribution in [-0.4, -0.2) is 44.5 Å². The maximum absolute atomic E-state index is 13.1. The van der Waals surface area contributed by atoms with Gasteiger partial charge in [0.15, 0.2) is 5.65 Å². The topological polar surface area (TPSA) is 62.5 Å². The molecule has 1 saturated heterocycles. The Morgan fingerprint density at radius 3 is 2.36 bits per heavy atom. The van der Waals surface area contributed by atoms with Crippen LogP contribution in [0.5, 0.6) is 0 Å². The van der Waals surface area contributed by atoms with E-state index in [1.165, 1.54) is 5.56 Å². The van der Waals surface area contributed by atoms with Gasteiger partial charge in [0.2, 0.25) is 0 Å². The van der Waals surface area contributed by atoms with Crippen molar-refractivity contribution in [2.45, 2.75) is 39.3 Å². The van der Waals surface area contributed by atoms with Gasteiger partial charge in [-0.1, -0.05) is 60.7 Å². The fourth-order valence-corrected chi connectivity index (χ4v) is 4.71. The van der Waals surface area contributed by atoms with E-state index >= 15 is 0 Å². The molecule has 0 spiro atoms. The van der Waals surface area contributed by atoms with Crippen molar-refractivity contribution in [3.63, 3.8) is 0 Å². The molecule has 6 nitrogen and oxygen atoms in total. The largest absolute Gasteiger partial charge is 0.349 e. The van der Waals surface area contributed by atoms with E-state index in [1.807, 2.05) is 38.1 Å². The number of amides is 1. The third-order valence-electron chi connectivity index (χ3n) is 6.54. The number of aromatic nitrogens is 3. The van der Waals surface area contributed by atoms with Crippen LogP contribution in [0.1, 0.15) is 40.2 Å². The molecular weight excluding hydrogens is 410 g/mol. The number of piperidine rings is 1. The van der Waals surface area contributed by atoms with Crippen LogP contribution in [-0.2, 0) is 6.54 Å². The lowest BCUT2D eigenvalue weighted by Crippen LogP contribution is -2.44. The SMILES string of the molecule is Cc1nn2c(C)c(C(=O)NC3CCN(Cc4ccccc4)CC3)cnc2c1-c1ccccc1. The summed E-state index contributed by atoms with van der Waals surface area (Å²) in [5.74, 6) is -0.0715. The molecule has 5 rings (SSSR count). The van der Waals surface area contributed by atoms with Gasteiger partial charge in [0, 0.05) is 37.4 Å². The molecule has 6 heteroatoms. The predicted octanol–water partition coefficient (Wildman–Crippen LogP) is 4.41. The zero-order chi connectivity index (χ0) is 22.8. The van der Waals surface area contributed by atoms with E-state index in [1.54, 1.807) is 10.7 Å². The fraction of sp³-hybridized carbons (Fsp3) is 0.296. The normalized spacial score (nSPS) is 15.1. The summed E-state index contributed by atoms with van der Waals surface area (Å²) in [5, 5.41) is 7.93. The first kappa shape index (κ1) is 21.3. The summed E-state index contributed by atoms with van der Waals surface area (Å²) in [4.78, 5) is 20.2. The zero-order valence-corrected chi connectivity index (χ0v) is 19.2. The van der Waals surface area contributed by atoms with E-state index in [9.17, 15) is 4.79 Å². The number of carbonyl (C=O) groups is 1. The number of hydrogen-bond donors (Lipinski definition) is 1. The Morgan fingerprint density at radius 1 is 1.00 bits per heavy atom. The number of likely N-dealkylation sites (tertiary alicyclic amines) is 1. The van der Waals surface area contributed by atoms with Gasteiger partial charge < -0.3 is 5.32 Å². The van der Waals surface area contributed by atoms with Crippen molar-refractivity contribution < 1.29 is 4.79 Å². The summed E-state index contributed by atoms with van der Waals surface area (Å²) in [7, 11) is 0. The Hall–Kier alpha value is -3.51. The number of hydrogen-bond acceptors (Lipinski definition) is 4. The van der Waals surface area contributed by atoms with Crippen molar-refractivity contribution in [3.05, 3.63) is 89.4 Å². The molecule has 0 unspecified atom stereocenters. The van der Waals surface area contributed by atoms with Gasteiger partial charge in [-0.15, -0.1) is 0 Å². The van der Waals surface area contributed by atoms with Crippen molar-refractivity contribution in [2.24, 2.45) is 0 Å². The molecular formula is C27H29N5O. The minimum Gasteiger partial charge on any atom is -0.349 e. The Morgan fingerprint density at radius 2 is 1.67 bits per heavy atom. The highest BCUT2D eigenvalue weighted by Crippen LogP contribution is 2.28. The summed E-state index contributed by atoms with van der Waals surface area (Å²) in [5.41, 5.74) is 6.50. The smallest absolute Gasteiger partial charge is 0.254 e. The maximum atomic E-state index is 13.1. The molecule has 1 fully saturated rings. The van der Waals surface area contributed by atoms with Gasteiger partial charge in [0.05, 0.1) is 17.0 Å². The molecule has 1 aliphatic rings. The lowest BCUT2D eigenvalue weighted by molar-refractivity contribution is 0.0907. The van der Waals surface area contributed by atoms with E-state index < -0.39 is 0 Å². The van der Waals surface area contributed by atoms with E-state index in [2.05, 4.69) is 51.6 Å². The lowest BCUT2D eigenvalue weighted by Gasteiger charge is -2.32. The number of nitrogens with one attached hydrogen (secondary N) is 1. The van der Waals surface area contributed by atoms with Crippen LogP contribution in [0.4, 0.5) is 0 Å². The van der Waals surface area contributed by atoms with Gasteiger partial charge in [-0.05, 0) is 37.8 Å². The molecule has 0 radical (unpaired) electrons. The highest BCUT2D eigenvalue weighted by Gasteiger charge is 2.23. The lowest BCUT2D eigenvalue weighted by atomic mass is 10.0. The molecule has 1 N–H and O–H groups in total. The molecule has 1 aliphatic heterocycles. The molecule has 0 saturated carbocycles. The molecule has 33 heavy (non-hydrogen) atoms. The van der Waals surface area contributed by atoms with Crippen molar-refractivity contribution in [1.29, 1.82) is 0 Å². The highest BCUT2D eigenvalue weighted by molar-refractivity contribution is 5.95. The summed E-state index contributed by atoms with van der Waals surface area (Å²) in [6, 6.07) is 20.9. The van der Waals surface area contributed by atoms with Crippen molar-refractivity contribution >= 4 is 11.6 Å².